The average Bonchev–Trinajstić information content (AvgIpc) is 0.899. The second-order valence-corrected chi connectivity index (χ2v) is 35.1. The van der Waals surface area contributed by atoms with E-state index in [4.69, 9.17) is 37.0 Å². The van der Waals surface area contributed by atoms with E-state index >= 15 is 0 Å². The molecule has 0 bridgehead atoms. The number of hydrogen-bond donors (Lipinski definition) is 3. The molecule has 2 unspecified atom stereocenters. The zero-order chi connectivity index (χ0) is 77.8. The summed E-state index contributed by atoms with van der Waals surface area (Å²) >= 11 is 0. The summed E-state index contributed by atoms with van der Waals surface area (Å²) in [5, 5.41) is 10.7. The number of aliphatic hydroxyl groups is 1. The van der Waals surface area contributed by atoms with Crippen LogP contribution < -0.4 is 0 Å². The van der Waals surface area contributed by atoms with E-state index in [2.05, 4.69) is 41.5 Å². The van der Waals surface area contributed by atoms with Crippen LogP contribution in [0.15, 0.2) is 0 Å². The number of esters is 4. The molecule has 3 N–H and O–H groups in total. The predicted molar refractivity (Wildman–Crippen MR) is 437 cm³/mol. The first-order valence-corrected chi connectivity index (χ1v) is 48.0. The lowest BCUT2D eigenvalue weighted by Gasteiger charge is -2.21. The van der Waals surface area contributed by atoms with E-state index in [9.17, 15) is 43.2 Å². The van der Waals surface area contributed by atoms with Gasteiger partial charge in [0.15, 0.2) is 12.2 Å². The quantitative estimate of drug-likeness (QED) is 0.0222. The van der Waals surface area contributed by atoms with Crippen LogP contribution in [0.3, 0.4) is 0 Å². The van der Waals surface area contributed by atoms with Gasteiger partial charge in [0.1, 0.15) is 19.3 Å². The minimum Gasteiger partial charge on any atom is -0.462 e. The molecule has 0 aliphatic carbocycles. The number of phosphoric acid groups is 2. The van der Waals surface area contributed by atoms with Crippen LogP contribution in [0.4, 0.5) is 0 Å². The van der Waals surface area contributed by atoms with Gasteiger partial charge in [0, 0.05) is 25.7 Å². The number of carbonyl (C=O) groups is 4. The topological polar surface area (TPSA) is 237 Å². The van der Waals surface area contributed by atoms with E-state index in [-0.39, 0.29) is 25.7 Å². The number of rotatable bonds is 86. The van der Waals surface area contributed by atoms with Crippen LogP contribution in [0.2, 0.25) is 0 Å². The Balaban J connectivity index is 5.27. The molecule has 0 amide bonds. The SMILES string of the molecule is CCCCCCCCCCCCCCCCCCCCCC(=O)O[C@H](COC(=O)CCCCCCCCCCCCCCCCC(C)C)COP(=O)(O)OC[C@@H](O)COP(=O)(O)OC[C@@H](COC(=O)CCCCCCCCCCCCCCC)OC(=O)CCCCCCCCCCCCCCCCC(C)C. The molecule has 0 aromatic carbocycles. The fraction of sp³-hybridized carbons (Fsp3) is 0.954. The van der Waals surface area contributed by atoms with Crippen molar-refractivity contribution in [3.05, 3.63) is 0 Å². The van der Waals surface area contributed by atoms with E-state index in [1.807, 2.05) is 0 Å². The normalized spacial score (nSPS) is 13.8. The zero-order valence-electron chi connectivity index (χ0n) is 69.7. The van der Waals surface area contributed by atoms with Gasteiger partial charge >= 0.3 is 39.5 Å². The van der Waals surface area contributed by atoms with Crippen molar-refractivity contribution in [3.8, 4) is 0 Å². The van der Waals surface area contributed by atoms with Gasteiger partial charge in [-0.2, -0.15) is 0 Å². The number of hydrogen-bond acceptors (Lipinski definition) is 15. The molecule has 19 heteroatoms. The van der Waals surface area contributed by atoms with Crippen molar-refractivity contribution < 1.29 is 80.2 Å². The molecule has 0 aromatic rings. The summed E-state index contributed by atoms with van der Waals surface area (Å²) in [6.45, 7) is 9.73. The zero-order valence-corrected chi connectivity index (χ0v) is 71.5. The van der Waals surface area contributed by atoms with Crippen molar-refractivity contribution in [1.29, 1.82) is 0 Å². The van der Waals surface area contributed by atoms with Crippen LogP contribution in [0.25, 0.3) is 0 Å². The van der Waals surface area contributed by atoms with Gasteiger partial charge in [-0.1, -0.05) is 414 Å². The van der Waals surface area contributed by atoms with Crippen molar-refractivity contribution >= 4 is 39.5 Å². The third-order valence-electron chi connectivity index (χ3n) is 20.5. The third kappa shape index (κ3) is 80.1. The van der Waals surface area contributed by atoms with Gasteiger partial charge in [-0.3, -0.25) is 37.3 Å². The first kappa shape index (κ1) is 104. The molecule has 106 heavy (non-hydrogen) atoms. The largest absolute Gasteiger partial charge is 0.472 e. The molecule has 0 heterocycles. The van der Waals surface area contributed by atoms with Crippen LogP contribution in [-0.4, -0.2) is 96.7 Å². The maximum Gasteiger partial charge on any atom is 0.472 e. The molecule has 5 atom stereocenters. The Morgan fingerprint density at radius 2 is 0.434 bits per heavy atom. The lowest BCUT2D eigenvalue weighted by atomic mass is 10.0. The lowest BCUT2D eigenvalue weighted by Crippen LogP contribution is -2.30. The van der Waals surface area contributed by atoms with Gasteiger partial charge in [-0.05, 0) is 37.5 Å². The van der Waals surface area contributed by atoms with E-state index in [0.29, 0.717) is 25.7 Å². The van der Waals surface area contributed by atoms with Crippen LogP contribution in [-0.2, 0) is 65.4 Å². The van der Waals surface area contributed by atoms with Gasteiger partial charge in [0.2, 0.25) is 0 Å². The Morgan fingerprint density at radius 1 is 0.255 bits per heavy atom. The number of carbonyl (C=O) groups excluding carboxylic acids is 4. The maximum atomic E-state index is 13.2. The predicted octanol–water partition coefficient (Wildman–Crippen LogP) is 26.6. The van der Waals surface area contributed by atoms with Crippen molar-refractivity contribution in [1.82, 2.24) is 0 Å². The summed E-state index contributed by atoms with van der Waals surface area (Å²) in [6.07, 6.45) is 70.7. The van der Waals surface area contributed by atoms with Crippen molar-refractivity contribution in [2.75, 3.05) is 39.6 Å². The Morgan fingerprint density at radius 3 is 0.642 bits per heavy atom. The fourth-order valence-corrected chi connectivity index (χ4v) is 15.2. The Bertz CT molecular complexity index is 2030. The summed E-state index contributed by atoms with van der Waals surface area (Å²) in [5.74, 6) is -0.503. The average molecular weight is 1550 g/mol. The Labute approximate surface area is 651 Å². The van der Waals surface area contributed by atoms with Gasteiger partial charge in [0.25, 0.3) is 0 Å². The van der Waals surface area contributed by atoms with Crippen LogP contribution in [0.1, 0.15) is 465 Å². The molecule has 0 saturated carbocycles. The molecule has 0 saturated heterocycles. The first-order valence-electron chi connectivity index (χ1n) is 45.0. The molecular weight excluding hydrogens is 1380 g/mol. The summed E-state index contributed by atoms with van der Waals surface area (Å²) in [5.41, 5.74) is 0. The Hall–Kier alpha value is -1.94. The molecule has 0 aliphatic rings. The highest BCUT2D eigenvalue weighted by atomic mass is 31.2. The monoisotopic (exact) mass is 1550 g/mol. The Kier molecular flexibility index (Phi) is 76.9. The molecule has 0 fully saturated rings. The molecule has 0 radical (unpaired) electrons. The molecule has 630 valence electrons. The number of aliphatic hydroxyl groups excluding tert-OH is 1. The van der Waals surface area contributed by atoms with Gasteiger partial charge < -0.3 is 33.8 Å². The molecule has 0 aromatic heterocycles. The van der Waals surface area contributed by atoms with E-state index in [0.717, 1.165) is 102 Å². The second kappa shape index (κ2) is 78.3. The maximum absolute atomic E-state index is 13.2. The van der Waals surface area contributed by atoms with Crippen LogP contribution in [0.5, 0.6) is 0 Å². The summed E-state index contributed by atoms with van der Waals surface area (Å²) in [6, 6.07) is 0. The smallest absolute Gasteiger partial charge is 0.462 e. The van der Waals surface area contributed by atoms with Crippen LogP contribution >= 0.6 is 15.6 Å². The summed E-state index contributed by atoms with van der Waals surface area (Å²) in [7, 11) is -9.93. The van der Waals surface area contributed by atoms with E-state index in [1.54, 1.807) is 0 Å². The van der Waals surface area contributed by atoms with Gasteiger partial charge in [0.05, 0.1) is 26.4 Å². The van der Waals surface area contributed by atoms with Crippen molar-refractivity contribution in [2.24, 2.45) is 11.8 Å². The van der Waals surface area contributed by atoms with Crippen LogP contribution in [0, 0.1) is 11.8 Å². The second-order valence-electron chi connectivity index (χ2n) is 32.2. The highest BCUT2D eigenvalue weighted by Crippen LogP contribution is 2.45. The highest BCUT2D eigenvalue weighted by Gasteiger charge is 2.30. The van der Waals surface area contributed by atoms with Crippen molar-refractivity contribution in [2.45, 2.75) is 484 Å². The van der Waals surface area contributed by atoms with Crippen molar-refractivity contribution in [3.63, 3.8) is 0 Å². The highest BCUT2D eigenvalue weighted by molar-refractivity contribution is 7.47. The molecule has 17 nitrogen and oxygen atoms in total. The number of ether oxygens (including phenoxy) is 4. The van der Waals surface area contributed by atoms with Gasteiger partial charge in [-0.15, -0.1) is 0 Å². The first-order chi connectivity index (χ1) is 51.4. The minimum atomic E-state index is -4.97. The molecule has 0 aliphatic heterocycles. The lowest BCUT2D eigenvalue weighted by molar-refractivity contribution is -0.161. The third-order valence-corrected chi connectivity index (χ3v) is 22.4. The fourth-order valence-electron chi connectivity index (χ4n) is 13.6. The summed E-state index contributed by atoms with van der Waals surface area (Å²) < 4.78 is 69.0. The van der Waals surface area contributed by atoms with E-state index in [1.165, 1.54) is 283 Å². The number of unbranched alkanes of at least 4 members (excludes halogenated alkanes) is 56. The van der Waals surface area contributed by atoms with Gasteiger partial charge in [-0.25, -0.2) is 9.13 Å². The standard InChI is InChI=1S/C87H170O17P2/c1-7-9-11-13-15-17-19-21-22-23-24-25-26-35-41-47-53-59-65-71-86(91)103-83(76-98-85(90)70-64-58-52-46-40-34-29-27-32-37-43-49-55-61-67-79(3)4)78-102-106(95,96)100-74-81(88)73-99-105(93,94)101-77-82(75-97-84(89)69-63-57-51-45-39-31-20-18-16-14-12-10-8-2)104-87(92)72-66-60-54-48-42-36-30-28-33-38-44-50-56-62-68-80(5)6/h79-83,88H,7-78H2,1-6H3,(H,93,94)(H,95,96)/t81-,82+,83+/m0/s1. The minimum absolute atomic E-state index is 0.108. The molecule has 0 rings (SSSR count). The molecule has 0 spiro atoms. The summed E-state index contributed by atoms with van der Waals surface area (Å²) in [4.78, 5) is 73.3. The number of phosphoric ester groups is 2. The van der Waals surface area contributed by atoms with E-state index < -0.39 is 97.5 Å². The molecular formula is C87H170O17P2.